The van der Waals surface area contributed by atoms with Crippen LogP contribution in [-0.2, 0) is 11.8 Å². The third-order valence-electron chi connectivity index (χ3n) is 3.15. The van der Waals surface area contributed by atoms with Gasteiger partial charge >= 0.3 is 0 Å². The van der Waals surface area contributed by atoms with E-state index in [9.17, 15) is 4.79 Å². The molecule has 3 rings (SSSR count). The largest absolute Gasteiger partial charge is 0.351 e. The van der Waals surface area contributed by atoms with Gasteiger partial charge in [0, 0.05) is 18.9 Å². The Kier molecular flexibility index (Phi) is 3.66. The number of rotatable bonds is 2. The number of aromatic nitrogens is 1. The van der Waals surface area contributed by atoms with Crippen molar-refractivity contribution in [2.24, 2.45) is 12.0 Å². The maximum atomic E-state index is 12.0. The average molecular weight is 297 g/mol. The lowest BCUT2D eigenvalue weighted by molar-refractivity contribution is -0.115. The molecule has 0 bridgehead atoms. The van der Waals surface area contributed by atoms with Crippen LogP contribution in [-0.4, -0.2) is 15.6 Å². The number of benzene rings is 1. The fourth-order valence-electron chi connectivity index (χ4n) is 2.05. The zero-order valence-corrected chi connectivity index (χ0v) is 12.6. The summed E-state index contributed by atoms with van der Waals surface area (Å²) < 4.78 is 1.97. The van der Waals surface area contributed by atoms with Gasteiger partial charge in [0.05, 0.1) is 10.6 Å². The highest BCUT2D eigenvalue weighted by Gasteiger charge is 2.24. The molecule has 0 radical (unpaired) electrons. The Morgan fingerprint density at radius 2 is 2.14 bits per heavy atom. The van der Waals surface area contributed by atoms with Crippen molar-refractivity contribution in [2.45, 2.75) is 6.92 Å². The summed E-state index contributed by atoms with van der Waals surface area (Å²) in [4.78, 5) is 17.1. The lowest BCUT2D eigenvalue weighted by Crippen LogP contribution is -2.19. The minimum Gasteiger partial charge on any atom is -0.351 e. The molecule has 1 aromatic heterocycles. The first-order valence-electron chi connectivity index (χ1n) is 6.59. The van der Waals surface area contributed by atoms with Crippen molar-refractivity contribution < 1.29 is 4.79 Å². The van der Waals surface area contributed by atoms with Crippen molar-refractivity contribution in [1.82, 2.24) is 9.88 Å². The molecule has 2 heterocycles. The van der Waals surface area contributed by atoms with Gasteiger partial charge < -0.3 is 9.88 Å². The van der Waals surface area contributed by atoms with Gasteiger partial charge in [-0.05, 0) is 54.6 Å². The summed E-state index contributed by atoms with van der Waals surface area (Å²) in [5, 5.41) is 3.42. The van der Waals surface area contributed by atoms with E-state index in [1.54, 1.807) is 0 Å². The highest BCUT2D eigenvalue weighted by Crippen LogP contribution is 2.28. The number of nitrogens with zero attached hydrogens (tertiary/aromatic N) is 2. The van der Waals surface area contributed by atoms with Crippen LogP contribution in [0, 0.1) is 6.92 Å². The van der Waals surface area contributed by atoms with Crippen LogP contribution >= 0.6 is 11.8 Å². The van der Waals surface area contributed by atoms with Crippen molar-refractivity contribution >= 4 is 34.6 Å². The van der Waals surface area contributed by atoms with Crippen molar-refractivity contribution in [3.8, 4) is 0 Å². The molecule has 0 unspecified atom stereocenters. The van der Waals surface area contributed by atoms with Crippen LogP contribution in [0.5, 0.6) is 0 Å². The van der Waals surface area contributed by atoms with Crippen LogP contribution in [0.1, 0.15) is 11.3 Å². The molecule has 21 heavy (non-hydrogen) atoms. The van der Waals surface area contributed by atoms with Crippen LogP contribution in [0.15, 0.2) is 52.5 Å². The molecule has 1 amide bonds. The van der Waals surface area contributed by atoms with Crippen molar-refractivity contribution in [1.29, 1.82) is 0 Å². The molecule has 1 aliphatic rings. The number of carbonyl (C=O) groups is 1. The number of nitrogens with one attached hydrogen (secondary N) is 1. The Morgan fingerprint density at radius 3 is 2.86 bits per heavy atom. The minimum absolute atomic E-state index is 0.104. The number of thioether (sulfide) groups is 1. The maximum absolute atomic E-state index is 12.0. The third-order valence-corrected chi connectivity index (χ3v) is 4.06. The van der Waals surface area contributed by atoms with E-state index in [0.29, 0.717) is 10.1 Å². The van der Waals surface area contributed by atoms with Crippen molar-refractivity contribution in [3.05, 3.63) is 58.8 Å². The summed E-state index contributed by atoms with van der Waals surface area (Å²) in [5.41, 5.74) is 2.98. The van der Waals surface area contributed by atoms with Crippen molar-refractivity contribution in [2.75, 3.05) is 0 Å². The van der Waals surface area contributed by atoms with Gasteiger partial charge in [-0.1, -0.05) is 12.1 Å². The second-order valence-corrected chi connectivity index (χ2v) is 5.90. The van der Waals surface area contributed by atoms with Gasteiger partial charge in [0.15, 0.2) is 5.17 Å². The number of hydrogen-bond donors (Lipinski definition) is 1. The summed E-state index contributed by atoms with van der Waals surface area (Å²) in [6, 6.07) is 11.8. The fourth-order valence-corrected chi connectivity index (χ4v) is 2.88. The fraction of sp³-hybridized carbons (Fsp3) is 0.125. The SMILES string of the molecule is Cc1cccc(N=C2NC(=O)C(=Cc3cccn3C)S2)c1. The first-order valence-corrected chi connectivity index (χ1v) is 7.41. The molecule has 1 aliphatic heterocycles. The highest BCUT2D eigenvalue weighted by atomic mass is 32.2. The molecule has 1 saturated heterocycles. The molecular formula is C16H15N3OS. The maximum Gasteiger partial charge on any atom is 0.264 e. The van der Waals surface area contributed by atoms with E-state index in [1.807, 2.05) is 67.2 Å². The van der Waals surface area contributed by atoms with Gasteiger partial charge in [0.25, 0.3) is 5.91 Å². The van der Waals surface area contributed by atoms with E-state index in [0.717, 1.165) is 16.9 Å². The Labute approximate surface area is 127 Å². The summed E-state index contributed by atoms with van der Waals surface area (Å²) in [5.74, 6) is -0.104. The summed E-state index contributed by atoms with van der Waals surface area (Å²) in [6.45, 7) is 2.02. The molecule has 4 nitrogen and oxygen atoms in total. The molecule has 0 aliphatic carbocycles. The van der Waals surface area contributed by atoms with Crippen LogP contribution in [0.4, 0.5) is 5.69 Å². The standard InChI is InChI=1S/C16H15N3OS/c1-11-5-3-6-12(9-11)17-16-18-15(20)14(21-16)10-13-7-4-8-19(13)2/h3-10H,1-2H3,(H,17,18,20). The number of carbonyl (C=O) groups excluding carboxylic acids is 1. The summed E-state index contributed by atoms with van der Waals surface area (Å²) in [6.07, 6.45) is 3.82. The Hall–Kier alpha value is -2.27. The van der Waals surface area contributed by atoms with Gasteiger partial charge in [-0.3, -0.25) is 4.79 Å². The van der Waals surface area contributed by atoms with Crippen LogP contribution < -0.4 is 5.32 Å². The quantitative estimate of drug-likeness (QED) is 0.865. The van der Waals surface area contributed by atoms with Gasteiger partial charge in [0.2, 0.25) is 0 Å². The monoisotopic (exact) mass is 297 g/mol. The zero-order valence-electron chi connectivity index (χ0n) is 11.8. The minimum atomic E-state index is -0.104. The second kappa shape index (κ2) is 5.61. The number of amides is 1. The number of hydrogen-bond acceptors (Lipinski definition) is 3. The number of aliphatic imine (C=N–C) groups is 1. The molecule has 5 heteroatoms. The van der Waals surface area contributed by atoms with Crippen LogP contribution in [0.2, 0.25) is 0 Å². The molecule has 2 aromatic rings. The molecule has 0 spiro atoms. The predicted molar refractivity (Wildman–Crippen MR) is 87.4 cm³/mol. The molecule has 0 saturated carbocycles. The Bertz CT molecular complexity index is 758. The van der Waals surface area contributed by atoms with E-state index in [2.05, 4.69) is 10.3 Å². The highest BCUT2D eigenvalue weighted by molar-refractivity contribution is 8.18. The Morgan fingerprint density at radius 1 is 1.29 bits per heavy atom. The zero-order chi connectivity index (χ0) is 14.8. The van der Waals surface area contributed by atoms with Gasteiger partial charge in [-0.15, -0.1) is 0 Å². The average Bonchev–Trinajstić information content (AvgIpc) is 2.98. The van der Waals surface area contributed by atoms with Crippen molar-refractivity contribution in [3.63, 3.8) is 0 Å². The predicted octanol–water partition coefficient (Wildman–Crippen LogP) is 3.23. The first-order chi connectivity index (χ1) is 10.1. The third kappa shape index (κ3) is 3.08. The summed E-state index contributed by atoms with van der Waals surface area (Å²) >= 11 is 1.36. The van der Waals surface area contributed by atoms with E-state index < -0.39 is 0 Å². The van der Waals surface area contributed by atoms with Crippen LogP contribution in [0.3, 0.4) is 0 Å². The molecule has 0 atom stereocenters. The molecular weight excluding hydrogens is 282 g/mol. The normalized spacial score (nSPS) is 18.5. The van der Waals surface area contributed by atoms with Gasteiger partial charge in [-0.25, -0.2) is 4.99 Å². The van der Waals surface area contributed by atoms with E-state index in [1.165, 1.54) is 11.8 Å². The molecule has 1 aromatic carbocycles. The molecule has 1 N–H and O–H groups in total. The Balaban J connectivity index is 1.85. The lowest BCUT2D eigenvalue weighted by atomic mass is 10.2. The van der Waals surface area contributed by atoms with E-state index in [4.69, 9.17) is 0 Å². The molecule has 1 fully saturated rings. The second-order valence-electron chi connectivity index (χ2n) is 4.86. The smallest absolute Gasteiger partial charge is 0.264 e. The van der Waals surface area contributed by atoms with Gasteiger partial charge in [0.1, 0.15) is 0 Å². The first kappa shape index (κ1) is 13.7. The summed E-state index contributed by atoms with van der Waals surface area (Å²) in [7, 11) is 1.95. The van der Waals surface area contributed by atoms with Gasteiger partial charge in [-0.2, -0.15) is 0 Å². The lowest BCUT2D eigenvalue weighted by Gasteiger charge is -1.97. The van der Waals surface area contributed by atoms with E-state index in [-0.39, 0.29) is 5.91 Å². The van der Waals surface area contributed by atoms with E-state index >= 15 is 0 Å². The number of aryl methyl sites for hydroxylation is 2. The number of amidine groups is 1. The molecule has 106 valence electrons. The topological polar surface area (TPSA) is 46.4 Å². The van der Waals surface area contributed by atoms with Crippen LogP contribution in [0.25, 0.3) is 6.08 Å².